The van der Waals surface area contributed by atoms with Gasteiger partial charge in [-0.05, 0) is 30.7 Å². The highest BCUT2D eigenvalue weighted by Gasteiger charge is 2.37. The summed E-state index contributed by atoms with van der Waals surface area (Å²) in [6.45, 7) is 1.35. The number of hydrogen-bond acceptors (Lipinski definition) is 5. The van der Waals surface area contributed by atoms with E-state index in [1.165, 1.54) is 12.1 Å². The van der Waals surface area contributed by atoms with Crippen molar-refractivity contribution in [1.29, 1.82) is 0 Å². The number of hydrogen-bond donors (Lipinski definition) is 0. The average Bonchev–Trinajstić information content (AvgIpc) is 3.17. The van der Waals surface area contributed by atoms with Gasteiger partial charge in [0.2, 0.25) is 0 Å². The number of esters is 1. The van der Waals surface area contributed by atoms with Gasteiger partial charge in [0.15, 0.2) is 0 Å². The highest BCUT2D eigenvalue weighted by molar-refractivity contribution is 6.43. The van der Waals surface area contributed by atoms with E-state index in [4.69, 9.17) is 27.9 Å². The van der Waals surface area contributed by atoms with E-state index in [0.29, 0.717) is 5.69 Å². The van der Waals surface area contributed by atoms with Crippen molar-refractivity contribution in [2.45, 2.75) is 13.5 Å². The Morgan fingerprint density at radius 3 is 2.39 bits per heavy atom. The van der Waals surface area contributed by atoms with Gasteiger partial charge in [0, 0.05) is 12.4 Å². The lowest BCUT2D eigenvalue weighted by Crippen LogP contribution is -2.35. The van der Waals surface area contributed by atoms with Crippen molar-refractivity contribution in [2.75, 3.05) is 6.54 Å². The molecular formula is C19H13Cl2N3O4. The predicted molar refractivity (Wildman–Crippen MR) is 102 cm³/mol. The molecule has 0 N–H and O–H groups in total. The van der Waals surface area contributed by atoms with Gasteiger partial charge in [0.05, 0.1) is 26.9 Å². The Hall–Kier alpha value is -2.90. The van der Waals surface area contributed by atoms with Crippen LogP contribution in [0.25, 0.3) is 5.65 Å². The molecule has 7 nitrogen and oxygen atoms in total. The number of halogens is 2. The van der Waals surface area contributed by atoms with E-state index in [0.717, 1.165) is 16.1 Å². The van der Waals surface area contributed by atoms with E-state index in [-0.39, 0.29) is 27.8 Å². The van der Waals surface area contributed by atoms with Crippen LogP contribution in [-0.4, -0.2) is 38.6 Å². The highest BCUT2D eigenvalue weighted by atomic mass is 35.5. The maximum absolute atomic E-state index is 12.4. The maximum atomic E-state index is 12.4. The maximum Gasteiger partial charge on any atom is 0.326 e. The summed E-state index contributed by atoms with van der Waals surface area (Å²) in [6.07, 6.45) is 3.59. The van der Waals surface area contributed by atoms with E-state index in [1.807, 2.05) is 29.7 Å². The molecule has 0 radical (unpaired) electrons. The number of carbonyl (C=O) groups excluding carboxylic acids is 3. The fourth-order valence-electron chi connectivity index (χ4n) is 3.03. The van der Waals surface area contributed by atoms with Gasteiger partial charge in [0.25, 0.3) is 11.8 Å². The minimum absolute atomic E-state index is 0.0687. The molecule has 1 aliphatic heterocycles. The molecule has 0 aliphatic carbocycles. The van der Waals surface area contributed by atoms with Crippen LogP contribution in [0.15, 0.2) is 36.7 Å². The molecule has 0 saturated heterocycles. The topological polar surface area (TPSA) is 81.0 Å². The van der Waals surface area contributed by atoms with Crippen LogP contribution in [0.5, 0.6) is 0 Å². The molecule has 142 valence electrons. The number of imide groups is 1. The summed E-state index contributed by atoms with van der Waals surface area (Å²) in [5.74, 6) is -1.95. The van der Waals surface area contributed by atoms with Crippen LogP contribution in [0, 0.1) is 6.92 Å². The zero-order valence-corrected chi connectivity index (χ0v) is 16.1. The molecule has 28 heavy (non-hydrogen) atoms. The van der Waals surface area contributed by atoms with Gasteiger partial charge >= 0.3 is 5.97 Å². The first-order valence-corrected chi connectivity index (χ1v) is 9.05. The molecule has 9 heteroatoms. The molecule has 4 rings (SSSR count). The van der Waals surface area contributed by atoms with E-state index >= 15 is 0 Å². The van der Waals surface area contributed by atoms with Gasteiger partial charge in [-0.3, -0.25) is 19.3 Å². The second-order valence-corrected chi connectivity index (χ2v) is 7.14. The van der Waals surface area contributed by atoms with Crippen LogP contribution in [0.2, 0.25) is 10.0 Å². The lowest BCUT2D eigenvalue weighted by Gasteiger charge is -2.12. The zero-order chi connectivity index (χ0) is 20.0. The number of carbonyl (C=O) groups is 3. The molecule has 0 unspecified atom stereocenters. The molecular weight excluding hydrogens is 405 g/mol. The number of ether oxygens (including phenoxy) is 1. The normalized spacial score (nSPS) is 13.3. The van der Waals surface area contributed by atoms with Crippen molar-refractivity contribution < 1.29 is 19.1 Å². The minimum Gasteiger partial charge on any atom is -0.458 e. The Morgan fingerprint density at radius 2 is 1.79 bits per heavy atom. The quantitative estimate of drug-likeness (QED) is 0.480. The molecule has 2 amide bonds. The second-order valence-electron chi connectivity index (χ2n) is 6.32. The van der Waals surface area contributed by atoms with Crippen LogP contribution >= 0.6 is 23.2 Å². The van der Waals surface area contributed by atoms with Crippen molar-refractivity contribution in [1.82, 2.24) is 14.3 Å². The van der Waals surface area contributed by atoms with Crippen molar-refractivity contribution in [3.63, 3.8) is 0 Å². The Kier molecular flexibility index (Phi) is 4.56. The van der Waals surface area contributed by atoms with Gasteiger partial charge < -0.3 is 9.14 Å². The van der Waals surface area contributed by atoms with Gasteiger partial charge in [0.1, 0.15) is 18.8 Å². The zero-order valence-electron chi connectivity index (χ0n) is 14.6. The molecule has 0 fully saturated rings. The number of imidazole rings is 1. The highest BCUT2D eigenvalue weighted by Crippen LogP contribution is 2.31. The predicted octanol–water partition coefficient (Wildman–Crippen LogP) is 3.29. The SMILES string of the molecule is Cc1cccn2cc(COC(=O)CN3C(=O)c4cc(Cl)c(Cl)cc4C3=O)nc12. The number of amides is 2. The van der Waals surface area contributed by atoms with Gasteiger partial charge in [-0.25, -0.2) is 4.98 Å². The molecule has 1 aromatic carbocycles. The third-order valence-corrected chi connectivity index (χ3v) is 5.13. The number of aromatic nitrogens is 2. The van der Waals surface area contributed by atoms with Crippen LogP contribution < -0.4 is 0 Å². The van der Waals surface area contributed by atoms with Crippen LogP contribution in [0.1, 0.15) is 32.0 Å². The molecule has 2 aromatic heterocycles. The average molecular weight is 418 g/mol. The lowest BCUT2D eigenvalue weighted by atomic mass is 10.1. The minimum atomic E-state index is -0.722. The first-order chi connectivity index (χ1) is 13.3. The van der Waals surface area contributed by atoms with Crippen molar-refractivity contribution >= 4 is 46.6 Å². The van der Waals surface area contributed by atoms with Crippen LogP contribution in [-0.2, 0) is 16.1 Å². The summed E-state index contributed by atoms with van der Waals surface area (Å²) in [4.78, 5) is 42.2. The molecule has 3 aromatic rings. The smallest absolute Gasteiger partial charge is 0.326 e. The Balaban J connectivity index is 1.44. The molecule has 0 spiro atoms. The summed E-state index contributed by atoms with van der Waals surface area (Å²) < 4.78 is 7.02. The van der Waals surface area contributed by atoms with Crippen LogP contribution in [0.3, 0.4) is 0 Å². The van der Waals surface area contributed by atoms with Gasteiger partial charge in [-0.15, -0.1) is 0 Å². The Bertz CT molecular complexity index is 1110. The fraction of sp³-hybridized carbons (Fsp3) is 0.158. The van der Waals surface area contributed by atoms with Crippen LogP contribution in [0.4, 0.5) is 0 Å². The molecule has 3 heterocycles. The molecule has 0 atom stereocenters. The number of benzene rings is 1. The Morgan fingerprint density at radius 1 is 1.14 bits per heavy atom. The monoisotopic (exact) mass is 417 g/mol. The van der Waals surface area contributed by atoms with Crippen molar-refractivity contribution in [3.05, 3.63) is 69.1 Å². The summed E-state index contributed by atoms with van der Waals surface area (Å²) >= 11 is 11.8. The summed E-state index contributed by atoms with van der Waals surface area (Å²) in [7, 11) is 0. The number of nitrogens with zero attached hydrogens (tertiary/aromatic N) is 3. The first kappa shape index (κ1) is 18.5. The van der Waals surface area contributed by atoms with Gasteiger partial charge in [-0.1, -0.05) is 29.3 Å². The summed E-state index contributed by atoms with van der Waals surface area (Å²) in [5.41, 5.74) is 2.54. The lowest BCUT2D eigenvalue weighted by molar-refractivity contribution is -0.145. The Labute approximate surface area is 169 Å². The summed E-state index contributed by atoms with van der Waals surface area (Å²) in [5, 5.41) is 0.321. The summed E-state index contributed by atoms with van der Waals surface area (Å²) in [6, 6.07) is 6.47. The number of aryl methyl sites for hydroxylation is 1. The standard InChI is InChI=1S/C19H13Cl2N3O4/c1-10-3-2-4-23-7-11(22-17(10)23)9-28-16(25)8-24-18(26)12-5-14(20)15(21)6-13(12)19(24)27/h2-7H,8-9H2,1H3. The largest absolute Gasteiger partial charge is 0.458 e. The number of pyridine rings is 1. The third-order valence-electron chi connectivity index (χ3n) is 4.41. The van der Waals surface area contributed by atoms with E-state index in [9.17, 15) is 14.4 Å². The first-order valence-electron chi connectivity index (χ1n) is 8.29. The van der Waals surface area contributed by atoms with E-state index in [1.54, 1.807) is 6.20 Å². The molecule has 0 saturated carbocycles. The fourth-order valence-corrected chi connectivity index (χ4v) is 3.36. The van der Waals surface area contributed by atoms with Crippen molar-refractivity contribution in [3.8, 4) is 0 Å². The molecule has 0 bridgehead atoms. The third kappa shape index (κ3) is 3.12. The van der Waals surface area contributed by atoms with Gasteiger partial charge in [-0.2, -0.15) is 0 Å². The number of rotatable bonds is 4. The van der Waals surface area contributed by atoms with E-state index < -0.39 is 24.3 Å². The number of fused-ring (bicyclic) bond motifs is 2. The van der Waals surface area contributed by atoms with E-state index in [2.05, 4.69) is 4.98 Å². The molecule has 1 aliphatic rings. The second kappa shape index (κ2) is 6.92. The van der Waals surface area contributed by atoms with Crippen molar-refractivity contribution in [2.24, 2.45) is 0 Å².